The van der Waals surface area contributed by atoms with Crippen molar-refractivity contribution in [1.29, 1.82) is 0 Å². The van der Waals surface area contributed by atoms with Crippen LogP contribution in [0.2, 0.25) is 0 Å². The van der Waals surface area contributed by atoms with Crippen molar-refractivity contribution in [3.63, 3.8) is 0 Å². The molecule has 23 nitrogen and oxygen atoms in total. The van der Waals surface area contributed by atoms with E-state index in [0.29, 0.717) is 72.1 Å². The average molecular weight is 1470 g/mol. The molecule has 0 bridgehead atoms. The predicted molar refractivity (Wildman–Crippen MR) is 400 cm³/mol. The number of aliphatic hydroxyl groups excluding tert-OH is 3. The molecule has 9 aromatic rings. The number of rotatable bonds is 18. The van der Waals surface area contributed by atoms with Crippen LogP contribution in [0.3, 0.4) is 0 Å². The lowest BCUT2D eigenvalue weighted by molar-refractivity contribution is 0.00578. The molecule has 2 fully saturated rings. The van der Waals surface area contributed by atoms with Gasteiger partial charge in [-0.2, -0.15) is 0 Å². The summed E-state index contributed by atoms with van der Waals surface area (Å²) in [7, 11) is -0.737. The van der Waals surface area contributed by atoms with Gasteiger partial charge in [0.15, 0.2) is 0 Å². The third-order valence-corrected chi connectivity index (χ3v) is 17.5. The lowest BCUT2D eigenvalue weighted by Crippen LogP contribution is -2.41. The molecule has 0 spiro atoms. The monoisotopic (exact) mass is 1470 g/mol. The van der Waals surface area contributed by atoms with Gasteiger partial charge in [0.1, 0.15) is 39.1 Å². The van der Waals surface area contributed by atoms with Gasteiger partial charge in [-0.1, -0.05) is 140 Å². The molecular formula is C78H86BBrN12O11. The number of nitrogens with zero attached hydrogens (tertiary/aromatic N) is 6. The van der Waals surface area contributed by atoms with Crippen LogP contribution in [0.15, 0.2) is 205 Å². The Hall–Kier alpha value is -9.93. The third-order valence-electron chi connectivity index (χ3n) is 17.1. The average Bonchev–Trinajstić information content (AvgIpc) is 1.69. The Morgan fingerprint density at radius 1 is 0.515 bits per heavy atom. The molecule has 0 aliphatic carbocycles. The van der Waals surface area contributed by atoms with Gasteiger partial charge in [0.05, 0.1) is 122 Å². The number of nitrogens with one attached hydrogen (secondary N) is 3. The first kappa shape index (κ1) is 60.6. The predicted octanol–water partition coefficient (Wildman–Crippen LogP) is 11.0. The Labute approximate surface area is 624 Å². The first-order valence-corrected chi connectivity index (χ1v) is 33.5. The number of carbonyl (C=O) groups is 3. The first-order chi connectivity index (χ1) is 54.1. The van der Waals surface area contributed by atoms with E-state index in [1.807, 2.05) is 119 Å². The van der Waals surface area contributed by atoms with E-state index in [1.165, 1.54) is 30.7 Å². The molecule has 2 saturated heterocycles. The van der Waals surface area contributed by atoms with Gasteiger partial charge < -0.3 is 72.0 Å². The van der Waals surface area contributed by atoms with Gasteiger partial charge in [0.25, 0.3) is 17.7 Å². The van der Waals surface area contributed by atoms with E-state index in [9.17, 15) is 29.7 Å². The molecule has 3 atom stereocenters. The highest BCUT2D eigenvalue weighted by atomic mass is 79.9. The molecule has 534 valence electrons. The topological polar surface area (TPSA) is 350 Å². The number of amides is 3. The third kappa shape index (κ3) is 20.2. The Morgan fingerprint density at radius 3 is 1.32 bits per heavy atom. The fraction of sp³-hybridized carbons (Fsp3) is 0.295. The number of hydrogen-bond acceptors (Lipinski definition) is 20. The normalized spacial score (nSPS) is 20.9. The van der Waals surface area contributed by atoms with E-state index < -0.39 is 81.7 Å². The molecule has 25 heteroatoms. The van der Waals surface area contributed by atoms with Crippen LogP contribution in [0.5, 0.6) is 0 Å². The highest BCUT2D eigenvalue weighted by molar-refractivity contribution is 9.10. The molecular weight excluding hydrogens is 1370 g/mol. The van der Waals surface area contributed by atoms with Crippen LogP contribution < -0.4 is 33.2 Å². The summed E-state index contributed by atoms with van der Waals surface area (Å²) in [6.07, 6.45) is 6.37. The Kier molecular flexibility index (Phi) is 21.4. The second-order valence-corrected chi connectivity index (χ2v) is 25.4. The quantitative estimate of drug-likeness (QED) is 0.0360. The van der Waals surface area contributed by atoms with Crippen molar-refractivity contribution in [3.05, 3.63) is 249 Å². The summed E-state index contributed by atoms with van der Waals surface area (Å²) in [6.45, 7) is -6.03. The van der Waals surface area contributed by atoms with E-state index in [2.05, 4.69) is 61.8 Å². The van der Waals surface area contributed by atoms with Gasteiger partial charge in [0.2, 0.25) is 0 Å². The molecule has 12 N–H and O–H groups in total. The summed E-state index contributed by atoms with van der Waals surface area (Å²) < 4.78 is 120. The number of ether oxygens (including phenoxy) is 3. The van der Waals surface area contributed by atoms with Crippen molar-refractivity contribution >= 4 is 63.8 Å². The van der Waals surface area contributed by atoms with Gasteiger partial charge in [-0.05, 0) is 133 Å². The van der Waals surface area contributed by atoms with Crippen molar-refractivity contribution in [2.45, 2.75) is 88.6 Å². The lowest BCUT2D eigenvalue weighted by Gasteiger charge is -2.32. The summed E-state index contributed by atoms with van der Waals surface area (Å²) in [4.78, 5) is 63.7. The summed E-state index contributed by atoms with van der Waals surface area (Å²) in [5.41, 5.74) is 25.2. The summed E-state index contributed by atoms with van der Waals surface area (Å²) in [5.74, 6) is -0.910. The second-order valence-electron chi connectivity index (χ2n) is 24.6. The van der Waals surface area contributed by atoms with Crippen LogP contribution in [-0.2, 0) is 23.5 Å². The van der Waals surface area contributed by atoms with Crippen molar-refractivity contribution in [1.82, 2.24) is 45.9 Å². The van der Waals surface area contributed by atoms with Gasteiger partial charge in [-0.3, -0.25) is 14.4 Å². The number of nitrogens with two attached hydrogens (primary N) is 3. The van der Waals surface area contributed by atoms with Crippen LogP contribution in [0.1, 0.15) is 153 Å². The molecule has 4 aliphatic heterocycles. The number of halogens is 1. The van der Waals surface area contributed by atoms with Crippen molar-refractivity contribution in [2.75, 3.05) is 76.4 Å². The van der Waals surface area contributed by atoms with Gasteiger partial charge in [-0.25, -0.2) is 29.9 Å². The maximum Gasteiger partial charge on any atom is 0.490 e. The van der Waals surface area contributed by atoms with Crippen LogP contribution in [0, 0.1) is 0 Å². The number of benzene rings is 6. The zero-order valence-corrected chi connectivity index (χ0v) is 58.3. The maximum atomic E-state index is 12.7. The number of carbonyl (C=O) groups excluding carboxylic acids is 3. The van der Waals surface area contributed by atoms with Crippen LogP contribution >= 0.6 is 15.9 Å². The smallest absolute Gasteiger partial charge is 0.400 e. The van der Waals surface area contributed by atoms with Gasteiger partial charge in [0, 0.05) is 52.4 Å². The Morgan fingerprint density at radius 2 is 0.903 bits per heavy atom. The minimum absolute atomic E-state index is 0.0584. The van der Waals surface area contributed by atoms with E-state index in [4.69, 9.17) is 57.2 Å². The first-order valence-electron chi connectivity index (χ1n) is 38.7. The lowest BCUT2D eigenvalue weighted by atomic mass is 9.75. The number of aliphatic hydroxyl groups is 3. The van der Waals surface area contributed by atoms with Crippen molar-refractivity contribution in [2.24, 2.45) is 0 Å². The zero-order chi connectivity index (χ0) is 83.6. The maximum absolute atomic E-state index is 12.7. The van der Waals surface area contributed by atoms with E-state index in [-0.39, 0.29) is 80.6 Å². The highest BCUT2D eigenvalue weighted by Gasteiger charge is 2.52. The number of aromatic nitrogens is 6. The molecule has 7 heterocycles. The molecule has 4 aliphatic rings. The largest absolute Gasteiger partial charge is 0.490 e. The molecule has 0 radical (unpaired) electrons. The summed E-state index contributed by atoms with van der Waals surface area (Å²) in [5, 5.41) is 37.4. The standard InChI is InChI=1S/C24H26N4O3.C24H24N4O3.C19H17BrN4O2.C11H19BO3/c2*25-23-22(27-20(14-26-23)17-10-12-31-13-11-17)18-6-8-19(9-7-18)24(30)28-21(15-29)16-4-2-1-3-5-16;20-16-10-22-18(21)17(24-16)13-6-8-14(9-7-13)19(26)23-15(11-25)12-4-2-1-3-5-12;1-10(2)11(3,4)15-12(14-10)9-5-7-13-8-6-9/h1-9,14,17,21,29H,10-13,15H2,(H2,25,26)(H,28,30);1-10,14,21,29H,11-13,15H2,(H2,25,26)(H,28,30);1-10,15,25H,11H2,(H2,21,22)(H,23,26);5H,6-8H2,1-4H3/t2*21-;15-;/m111./s1/i2*12D2,13D2;;7D2,8D2. The second kappa shape index (κ2) is 36.3. The minimum atomic E-state index is -2.29. The van der Waals surface area contributed by atoms with Gasteiger partial charge in [-0.15, -0.1) is 0 Å². The summed E-state index contributed by atoms with van der Waals surface area (Å²) >= 11 is 3.27. The number of anilines is 3. The zero-order valence-electron chi connectivity index (χ0n) is 68.7. The molecule has 0 unspecified atom stereocenters. The fourth-order valence-electron chi connectivity index (χ4n) is 10.5. The molecule has 3 amide bonds. The number of hydrogen-bond donors (Lipinski definition) is 9. The molecule has 0 saturated carbocycles. The number of nitrogen functional groups attached to an aromatic ring is 3. The fourth-order valence-corrected chi connectivity index (χ4v) is 10.8. The Balaban J connectivity index is 0.000000166. The van der Waals surface area contributed by atoms with Crippen LogP contribution in [0.4, 0.5) is 17.5 Å². The SMILES string of the molecule is Nc1ncc(Br)nc1-c1ccc(C(=O)N[C@H](CO)c2ccccc2)cc1.[2H]C1([2H])C=C(B2OC(C)(C)C(C)(C)O2)CC([2H])([2H])O1.[2H]C1([2H])C=C(c2cnc(N)c(-c3ccc(C(=O)N[C@H](CO)c4ccccc4)cc3)n2)CC([2H])([2H])O1.[2H]C1([2H])CC(c2cnc(N)c(-c3ccc(C(=O)N[C@H](CO)c4ccccc4)cc3)n2)CC([2H])([2H])O1. The van der Waals surface area contributed by atoms with Crippen LogP contribution in [-0.4, -0.2) is 140 Å². The van der Waals surface area contributed by atoms with E-state index in [0.717, 1.165) is 22.3 Å². The van der Waals surface area contributed by atoms with Crippen LogP contribution in [0.25, 0.3) is 39.3 Å². The molecule has 13 rings (SSSR count). The highest BCUT2D eigenvalue weighted by Crippen LogP contribution is 2.40. The molecule has 3 aromatic heterocycles. The summed E-state index contributed by atoms with van der Waals surface area (Å²) in [6, 6.07) is 46.1. The van der Waals surface area contributed by atoms with Crippen molar-refractivity contribution < 1.29 is 69.7 Å². The van der Waals surface area contributed by atoms with E-state index in [1.54, 1.807) is 72.8 Å². The molecule has 103 heavy (non-hydrogen) atoms. The minimum Gasteiger partial charge on any atom is -0.400 e. The molecule has 6 aromatic carbocycles. The van der Waals surface area contributed by atoms with Crippen molar-refractivity contribution in [3.8, 4) is 33.8 Å². The Bertz CT molecular complexity index is 4930. The van der Waals surface area contributed by atoms with E-state index >= 15 is 0 Å². The van der Waals surface area contributed by atoms with Gasteiger partial charge >= 0.3 is 7.12 Å².